The van der Waals surface area contributed by atoms with Crippen molar-refractivity contribution in [1.29, 1.82) is 0 Å². The summed E-state index contributed by atoms with van der Waals surface area (Å²) >= 11 is 0. The molecular formula is C75H149NO10. The smallest absolute Gasteiger partial charge is 0.249 e. The van der Waals surface area contributed by atoms with Crippen LogP contribution in [0.3, 0.4) is 0 Å². The third kappa shape index (κ3) is 50.7. The maximum atomic E-state index is 13.3. The predicted octanol–water partition coefficient (Wildman–Crippen LogP) is 19.2. The number of unbranched alkanes of at least 4 members (excludes halogenated alkanes) is 57. The number of ether oxygens (including phenoxy) is 2. The fourth-order valence-electron chi connectivity index (χ4n) is 13.0. The molecular weight excluding hydrogens is 1070 g/mol. The zero-order valence-corrected chi connectivity index (χ0v) is 57.1. The number of aliphatic hydroxyl groups is 7. The van der Waals surface area contributed by atoms with Crippen molar-refractivity contribution in [2.24, 2.45) is 0 Å². The second-order valence-electron chi connectivity index (χ2n) is 27.4. The van der Waals surface area contributed by atoms with Gasteiger partial charge in [-0.15, -0.1) is 0 Å². The van der Waals surface area contributed by atoms with Gasteiger partial charge in [-0.2, -0.15) is 0 Å². The maximum Gasteiger partial charge on any atom is 0.249 e. The molecule has 1 aliphatic heterocycles. The van der Waals surface area contributed by atoms with E-state index in [1.807, 2.05) is 0 Å². The molecule has 1 fully saturated rings. The van der Waals surface area contributed by atoms with E-state index in [9.17, 15) is 40.5 Å². The molecule has 8 N–H and O–H groups in total. The summed E-state index contributed by atoms with van der Waals surface area (Å²) in [7, 11) is 0. The van der Waals surface area contributed by atoms with E-state index in [0.717, 1.165) is 38.5 Å². The van der Waals surface area contributed by atoms with Gasteiger partial charge in [0, 0.05) is 0 Å². The Morgan fingerprint density at radius 2 is 0.605 bits per heavy atom. The zero-order chi connectivity index (χ0) is 62.4. The lowest BCUT2D eigenvalue weighted by atomic mass is 9.98. The summed E-state index contributed by atoms with van der Waals surface area (Å²) in [5.74, 6) is -0.685. The Hall–Kier alpha value is -0.890. The highest BCUT2D eigenvalue weighted by Gasteiger charge is 2.44. The van der Waals surface area contributed by atoms with Gasteiger partial charge in [-0.25, -0.2) is 0 Å². The lowest BCUT2D eigenvalue weighted by Crippen LogP contribution is -2.60. The second kappa shape index (κ2) is 64.2. The number of hydrogen-bond acceptors (Lipinski definition) is 10. The summed E-state index contributed by atoms with van der Waals surface area (Å²) in [6.45, 7) is 3.54. The highest BCUT2D eigenvalue weighted by molar-refractivity contribution is 5.80. The average Bonchev–Trinajstić information content (AvgIpc) is 2.54. The first-order valence-electron chi connectivity index (χ1n) is 38.4. The van der Waals surface area contributed by atoms with Gasteiger partial charge in [0.25, 0.3) is 0 Å². The van der Waals surface area contributed by atoms with Crippen molar-refractivity contribution in [3.05, 3.63) is 0 Å². The van der Waals surface area contributed by atoms with Gasteiger partial charge in [-0.1, -0.05) is 393 Å². The van der Waals surface area contributed by atoms with Crippen molar-refractivity contribution in [3.8, 4) is 0 Å². The van der Waals surface area contributed by atoms with Gasteiger partial charge in [0.05, 0.1) is 25.4 Å². The van der Waals surface area contributed by atoms with E-state index in [1.54, 1.807) is 0 Å². The number of aliphatic hydroxyl groups excluding tert-OH is 7. The number of hydrogen-bond donors (Lipinski definition) is 8. The largest absolute Gasteiger partial charge is 0.394 e. The molecule has 9 atom stereocenters. The van der Waals surface area contributed by atoms with Crippen LogP contribution in [0.15, 0.2) is 0 Å². The number of amides is 1. The lowest BCUT2D eigenvalue weighted by Gasteiger charge is -2.40. The highest BCUT2D eigenvalue weighted by Crippen LogP contribution is 2.25. The van der Waals surface area contributed by atoms with E-state index in [1.165, 1.54) is 327 Å². The molecule has 0 bridgehead atoms. The fraction of sp³-hybridized carbons (Fsp3) is 0.987. The van der Waals surface area contributed by atoms with Crippen molar-refractivity contribution >= 4 is 5.91 Å². The van der Waals surface area contributed by atoms with Gasteiger partial charge < -0.3 is 50.5 Å². The second-order valence-corrected chi connectivity index (χ2v) is 27.4. The van der Waals surface area contributed by atoms with Crippen LogP contribution in [-0.2, 0) is 14.3 Å². The number of carbonyl (C=O) groups is 1. The van der Waals surface area contributed by atoms with Crippen molar-refractivity contribution < 1.29 is 50.0 Å². The summed E-state index contributed by atoms with van der Waals surface area (Å²) in [6, 6.07) is -1.17. The first kappa shape index (κ1) is 83.1. The minimum Gasteiger partial charge on any atom is -0.394 e. The molecule has 514 valence electrons. The summed E-state index contributed by atoms with van der Waals surface area (Å²) < 4.78 is 11.2. The molecule has 1 aliphatic rings. The average molecular weight is 1230 g/mol. The first-order chi connectivity index (χ1) is 42.2. The number of carbonyl (C=O) groups excluding carboxylic acids is 1. The van der Waals surface area contributed by atoms with Gasteiger partial charge in [0.15, 0.2) is 6.29 Å². The lowest BCUT2D eigenvalue weighted by molar-refractivity contribution is -0.303. The van der Waals surface area contributed by atoms with Gasteiger partial charge >= 0.3 is 0 Å². The van der Waals surface area contributed by atoms with E-state index in [4.69, 9.17) is 9.47 Å². The molecule has 0 radical (unpaired) electrons. The van der Waals surface area contributed by atoms with E-state index >= 15 is 0 Å². The third-order valence-corrected chi connectivity index (χ3v) is 19.2. The number of nitrogens with one attached hydrogen (secondary N) is 1. The van der Waals surface area contributed by atoms with E-state index < -0.39 is 74.2 Å². The van der Waals surface area contributed by atoms with Gasteiger partial charge in [0.1, 0.15) is 36.6 Å². The molecule has 86 heavy (non-hydrogen) atoms. The molecule has 0 aromatic rings. The monoisotopic (exact) mass is 1220 g/mol. The summed E-state index contributed by atoms with van der Waals surface area (Å²) in [4.78, 5) is 13.3. The SMILES string of the molecule is CCCCCCCCCCCCCCCCCCCCCCCCCCCCCCCCCCC(O)C(=O)NC(COC1OC(CO)C(O)C(O)C1O)C(O)C(O)CCCCCCCCCCCCCCCCCCCCCCCCCCCCC. The molecule has 0 aliphatic carbocycles. The molecule has 1 heterocycles. The highest BCUT2D eigenvalue weighted by atomic mass is 16.7. The van der Waals surface area contributed by atoms with Crippen LogP contribution in [0.25, 0.3) is 0 Å². The normalized spacial score (nSPS) is 18.6. The van der Waals surface area contributed by atoms with Crippen LogP contribution in [0.1, 0.15) is 406 Å². The van der Waals surface area contributed by atoms with Crippen molar-refractivity contribution in [3.63, 3.8) is 0 Å². The minimum absolute atomic E-state index is 0.268. The van der Waals surface area contributed by atoms with Gasteiger partial charge in [-0.05, 0) is 12.8 Å². The first-order valence-corrected chi connectivity index (χ1v) is 38.4. The van der Waals surface area contributed by atoms with E-state index in [-0.39, 0.29) is 6.42 Å². The molecule has 11 nitrogen and oxygen atoms in total. The Morgan fingerprint density at radius 3 is 0.860 bits per heavy atom. The molecule has 0 spiro atoms. The van der Waals surface area contributed by atoms with E-state index in [2.05, 4.69) is 19.2 Å². The zero-order valence-electron chi connectivity index (χ0n) is 57.1. The number of rotatable bonds is 69. The molecule has 1 rings (SSSR count). The maximum absolute atomic E-state index is 13.3. The summed E-state index contributed by atoms with van der Waals surface area (Å²) in [5.41, 5.74) is 0. The predicted molar refractivity (Wildman–Crippen MR) is 363 cm³/mol. The third-order valence-electron chi connectivity index (χ3n) is 19.2. The molecule has 9 unspecified atom stereocenters. The standard InChI is InChI=1S/C75H149NO10/c1-3-5-7-9-11-13-15-17-19-21-23-25-27-29-31-32-33-34-35-37-39-41-43-45-47-49-51-53-55-57-59-61-63-68(79)74(84)76-66(65-85-75-73(83)72(82)71(81)69(64-77)86-75)70(80)67(78)62-60-58-56-54-52-50-48-46-44-42-40-38-36-30-28-26-24-22-20-18-16-14-12-10-8-6-4-2/h66-73,75,77-83H,3-65H2,1-2H3,(H,76,84). The van der Waals surface area contributed by atoms with Crippen LogP contribution in [0.2, 0.25) is 0 Å². The van der Waals surface area contributed by atoms with Crippen molar-refractivity contribution in [1.82, 2.24) is 5.32 Å². The Morgan fingerprint density at radius 1 is 0.360 bits per heavy atom. The van der Waals surface area contributed by atoms with Gasteiger partial charge in [0.2, 0.25) is 5.91 Å². The molecule has 1 amide bonds. The molecule has 1 saturated heterocycles. The Balaban J connectivity index is 2.14. The Labute approximate surface area is 532 Å². The summed E-state index contributed by atoms with van der Waals surface area (Å²) in [5, 5.41) is 76.7. The molecule has 0 saturated carbocycles. The minimum atomic E-state index is -1.66. The summed E-state index contributed by atoms with van der Waals surface area (Å²) in [6.07, 6.45) is 67.8. The van der Waals surface area contributed by atoms with E-state index in [0.29, 0.717) is 19.3 Å². The van der Waals surface area contributed by atoms with Crippen LogP contribution < -0.4 is 5.32 Å². The Kier molecular flexibility index (Phi) is 62.1. The topological polar surface area (TPSA) is 189 Å². The fourth-order valence-corrected chi connectivity index (χ4v) is 13.0. The van der Waals surface area contributed by atoms with Crippen LogP contribution in [-0.4, -0.2) is 110 Å². The van der Waals surface area contributed by atoms with Gasteiger partial charge in [-0.3, -0.25) is 4.79 Å². The Bertz CT molecular complexity index is 1360. The molecule has 0 aromatic heterocycles. The molecule has 11 heteroatoms. The van der Waals surface area contributed by atoms with Crippen molar-refractivity contribution in [2.75, 3.05) is 13.2 Å². The van der Waals surface area contributed by atoms with Crippen LogP contribution in [0.4, 0.5) is 0 Å². The van der Waals surface area contributed by atoms with Crippen LogP contribution >= 0.6 is 0 Å². The quantitative estimate of drug-likeness (QED) is 0.0272. The van der Waals surface area contributed by atoms with Crippen molar-refractivity contribution in [2.45, 2.75) is 461 Å². The van der Waals surface area contributed by atoms with Crippen LogP contribution in [0, 0.1) is 0 Å². The van der Waals surface area contributed by atoms with Crippen LogP contribution in [0.5, 0.6) is 0 Å². The molecule has 0 aromatic carbocycles.